The van der Waals surface area contributed by atoms with Crippen molar-refractivity contribution in [1.29, 1.82) is 0 Å². The summed E-state index contributed by atoms with van der Waals surface area (Å²) in [6.07, 6.45) is 2.47. The Bertz CT molecular complexity index is 1360. The van der Waals surface area contributed by atoms with Gasteiger partial charge in [-0.25, -0.2) is 4.79 Å². The fourth-order valence-electron chi connectivity index (χ4n) is 5.40. The summed E-state index contributed by atoms with van der Waals surface area (Å²) in [5.41, 5.74) is 3.94. The Kier molecular flexibility index (Phi) is 9.45. The van der Waals surface area contributed by atoms with Crippen molar-refractivity contribution in [2.75, 3.05) is 27.4 Å². The number of esters is 1. The Morgan fingerprint density at radius 2 is 1.77 bits per heavy atom. The number of halogens is 1. The van der Waals surface area contributed by atoms with Gasteiger partial charge in [-0.3, -0.25) is 4.79 Å². The van der Waals surface area contributed by atoms with Crippen LogP contribution < -0.4 is 19.5 Å². The first-order chi connectivity index (χ1) is 19.2. The van der Waals surface area contributed by atoms with Crippen LogP contribution in [-0.4, -0.2) is 44.3 Å². The second-order valence-corrected chi connectivity index (χ2v) is 10.8. The number of ketones is 1. The van der Waals surface area contributed by atoms with Crippen molar-refractivity contribution in [3.05, 3.63) is 68.5 Å². The minimum Gasteiger partial charge on any atom is -0.503 e. The molecule has 214 valence electrons. The van der Waals surface area contributed by atoms with Gasteiger partial charge in [0, 0.05) is 29.3 Å². The van der Waals surface area contributed by atoms with Crippen LogP contribution in [-0.2, 0) is 14.3 Å². The van der Waals surface area contributed by atoms with E-state index in [0.717, 1.165) is 24.1 Å². The molecule has 2 aliphatic rings. The van der Waals surface area contributed by atoms with Gasteiger partial charge >= 0.3 is 5.97 Å². The number of phenols is 1. The SMILES string of the molecule is CCCCOC(=O)C1=C(C)NC2=C(C(=O)C[C@H](c3ccc(OC)c(OC)c3)C2)[C@H]1c1cc(Br)c(O)c(OCC)c1. The molecule has 8 nitrogen and oxygen atoms in total. The number of ether oxygens (including phenoxy) is 4. The quantitative estimate of drug-likeness (QED) is 0.238. The van der Waals surface area contributed by atoms with Crippen molar-refractivity contribution in [1.82, 2.24) is 5.32 Å². The molecule has 0 unspecified atom stereocenters. The molecule has 0 spiro atoms. The molecule has 0 radical (unpaired) electrons. The van der Waals surface area contributed by atoms with E-state index in [9.17, 15) is 14.7 Å². The predicted octanol–water partition coefficient (Wildman–Crippen LogP) is 6.28. The van der Waals surface area contributed by atoms with Gasteiger partial charge < -0.3 is 29.4 Å². The summed E-state index contributed by atoms with van der Waals surface area (Å²) in [6, 6.07) is 9.14. The van der Waals surface area contributed by atoms with Crippen LogP contribution >= 0.6 is 15.9 Å². The number of allylic oxidation sites excluding steroid dienone is 3. The van der Waals surface area contributed by atoms with Crippen molar-refractivity contribution >= 4 is 27.7 Å². The fourth-order valence-corrected chi connectivity index (χ4v) is 5.86. The predicted molar refractivity (Wildman–Crippen MR) is 155 cm³/mol. The Morgan fingerprint density at radius 1 is 1.05 bits per heavy atom. The molecule has 0 saturated heterocycles. The molecular weight excluding hydrogens is 578 g/mol. The van der Waals surface area contributed by atoms with E-state index in [1.165, 1.54) is 0 Å². The Morgan fingerprint density at radius 3 is 2.45 bits per heavy atom. The smallest absolute Gasteiger partial charge is 0.336 e. The number of hydrogen-bond acceptors (Lipinski definition) is 8. The van der Waals surface area contributed by atoms with E-state index in [1.54, 1.807) is 26.4 Å². The highest BCUT2D eigenvalue weighted by Gasteiger charge is 2.42. The average molecular weight is 615 g/mol. The van der Waals surface area contributed by atoms with Gasteiger partial charge in [-0.05, 0) is 83.9 Å². The van der Waals surface area contributed by atoms with E-state index in [1.807, 2.05) is 39.0 Å². The largest absolute Gasteiger partial charge is 0.503 e. The topological polar surface area (TPSA) is 103 Å². The van der Waals surface area contributed by atoms with Gasteiger partial charge in [-0.1, -0.05) is 19.4 Å². The Labute approximate surface area is 243 Å². The summed E-state index contributed by atoms with van der Waals surface area (Å²) in [5.74, 6) is 0.166. The van der Waals surface area contributed by atoms with Crippen LogP contribution in [0.1, 0.15) is 69.4 Å². The van der Waals surface area contributed by atoms with E-state index in [4.69, 9.17) is 18.9 Å². The average Bonchev–Trinajstić information content (AvgIpc) is 2.94. The molecule has 2 aromatic carbocycles. The van der Waals surface area contributed by atoms with E-state index in [0.29, 0.717) is 58.0 Å². The van der Waals surface area contributed by atoms with Crippen LogP contribution in [0.25, 0.3) is 0 Å². The molecule has 1 heterocycles. The standard InChI is InChI=1S/C31H36BrNO7/c1-6-8-11-40-31(36)27-17(3)33-22-13-19(18-9-10-24(37-4)25(15-18)38-5)14-23(34)29(22)28(27)20-12-21(32)30(35)26(16-20)39-7-2/h9-10,12,15-16,19,28,33,35H,6-8,11,13-14H2,1-5H3/t19-,28+/m1/s1. The zero-order valence-electron chi connectivity index (χ0n) is 23.6. The molecule has 0 aromatic heterocycles. The second-order valence-electron chi connectivity index (χ2n) is 9.90. The highest BCUT2D eigenvalue weighted by molar-refractivity contribution is 9.10. The van der Waals surface area contributed by atoms with Gasteiger partial charge in [-0.2, -0.15) is 0 Å². The van der Waals surface area contributed by atoms with Gasteiger partial charge in [0.05, 0.1) is 37.5 Å². The van der Waals surface area contributed by atoms with E-state index < -0.39 is 11.9 Å². The van der Waals surface area contributed by atoms with Crippen LogP contribution in [0.3, 0.4) is 0 Å². The summed E-state index contributed by atoms with van der Waals surface area (Å²) >= 11 is 3.42. The van der Waals surface area contributed by atoms with Gasteiger partial charge in [0.1, 0.15) is 0 Å². The minimum absolute atomic E-state index is 0.0370. The first kappa shape index (κ1) is 29.5. The number of benzene rings is 2. The molecule has 1 aliphatic carbocycles. The lowest BCUT2D eigenvalue weighted by atomic mass is 9.71. The van der Waals surface area contributed by atoms with Gasteiger partial charge in [0.2, 0.25) is 0 Å². The number of carbonyl (C=O) groups is 2. The maximum absolute atomic E-state index is 14.0. The van der Waals surface area contributed by atoms with Crippen molar-refractivity contribution in [3.63, 3.8) is 0 Å². The number of dihydropyridines is 1. The number of carbonyl (C=O) groups excluding carboxylic acids is 2. The molecule has 4 rings (SSSR count). The van der Waals surface area contributed by atoms with Gasteiger partial charge in [-0.15, -0.1) is 0 Å². The molecule has 1 aliphatic heterocycles. The Hall–Kier alpha value is -3.46. The number of aromatic hydroxyl groups is 1. The zero-order valence-corrected chi connectivity index (χ0v) is 25.1. The van der Waals surface area contributed by atoms with Crippen LogP contribution in [0.2, 0.25) is 0 Å². The van der Waals surface area contributed by atoms with Crippen LogP contribution in [0.5, 0.6) is 23.0 Å². The van der Waals surface area contributed by atoms with Gasteiger partial charge in [0.15, 0.2) is 28.8 Å². The molecule has 40 heavy (non-hydrogen) atoms. The van der Waals surface area contributed by atoms with Crippen molar-refractivity contribution in [2.24, 2.45) is 0 Å². The lowest BCUT2D eigenvalue weighted by Crippen LogP contribution is -2.36. The third kappa shape index (κ3) is 5.84. The van der Waals surface area contributed by atoms with Crippen molar-refractivity contribution < 1.29 is 33.6 Å². The fraction of sp³-hybridized carbons (Fsp3) is 0.419. The first-order valence-corrected chi connectivity index (χ1v) is 14.3. The number of methoxy groups -OCH3 is 2. The first-order valence-electron chi connectivity index (χ1n) is 13.5. The zero-order chi connectivity index (χ0) is 29.0. The van der Waals surface area contributed by atoms with Crippen LogP contribution in [0, 0.1) is 0 Å². The van der Waals surface area contributed by atoms with Crippen LogP contribution in [0.15, 0.2) is 57.3 Å². The molecule has 2 aromatic rings. The van der Waals surface area contributed by atoms with Crippen molar-refractivity contribution in [3.8, 4) is 23.0 Å². The summed E-state index contributed by atoms with van der Waals surface area (Å²) < 4.78 is 22.6. The number of unbranched alkanes of at least 4 members (excludes halogenated alkanes) is 1. The second kappa shape index (κ2) is 12.8. The molecule has 0 amide bonds. The number of nitrogens with one attached hydrogen (secondary N) is 1. The maximum Gasteiger partial charge on any atom is 0.336 e. The van der Waals surface area contributed by atoms with E-state index >= 15 is 0 Å². The van der Waals surface area contributed by atoms with E-state index in [-0.39, 0.29) is 29.6 Å². The Balaban J connectivity index is 1.81. The van der Waals surface area contributed by atoms with E-state index in [2.05, 4.69) is 21.2 Å². The number of rotatable bonds is 10. The lowest BCUT2D eigenvalue weighted by molar-refractivity contribution is -0.139. The number of hydrogen-bond donors (Lipinski definition) is 2. The molecule has 0 saturated carbocycles. The molecule has 0 bridgehead atoms. The minimum atomic E-state index is -0.680. The monoisotopic (exact) mass is 613 g/mol. The third-order valence-electron chi connectivity index (χ3n) is 7.34. The molecular formula is C31H36BrNO7. The summed E-state index contributed by atoms with van der Waals surface area (Å²) in [5, 5.41) is 13.9. The lowest BCUT2D eigenvalue weighted by Gasteiger charge is -2.37. The normalized spacial score (nSPS) is 18.7. The third-order valence-corrected chi connectivity index (χ3v) is 7.95. The molecule has 2 atom stereocenters. The highest BCUT2D eigenvalue weighted by Crippen LogP contribution is 2.48. The summed E-state index contributed by atoms with van der Waals surface area (Å²) in [6.45, 7) is 6.32. The number of Topliss-reactive ketones (excluding diaryl/α,β-unsaturated/α-hetero) is 1. The molecule has 9 heteroatoms. The summed E-state index contributed by atoms with van der Waals surface area (Å²) in [4.78, 5) is 27.4. The molecule has 0 fully saturated rings. The maximum atomic E-state index is 14.0. The highest BCUT2D eigenvalue weighted by atomic mass is 79.9. The summed E-state index contributed by atoms with van der Waals surface area (Å²) in [7, 11) is 3.17. The van der Waals surface area contributed by atoms with Crippen molar-refractivity contribution in [2.45, 2.75) is 58.3 Å². The molecule has 2 N–H and O–H groups in total. The number of phenolic OH excluding ortho intramolecular Hbond substituents is 1. The van der Waals surface area contributed by atoms with Crippen LogP contribution in [0.4, 0.5) is 0 Å². The van der Waals surface area contributed by atoms with Gasteiger partial charge in [0.25, 0.3) is 0 Å².